The first-order chi connectivity index (χ1) is 8.54. The molecule has 2 aromatic rings. The maximum absolute atomic E-state index is 12.0. The molecule has 6 nitrogen and oxygen atoms in total. The molecule has 0 saturated heterocycles. The smallest absolute Gasteiger partial charge is 0.336 e. The number of anilines is 1. The van der Waals surface area contributed by atoms with E-state index in [0.29, 0.717) is 11.4 Å². The van der Waals surface area contributed by atoms with Crippen LogP contribution < -0.4 is 21.7 Å². The largest absolute Gasteiger partial charge is 0.497 e. The highest BCUT2D eigenvalue weighted by Crippen LogP contribution is 2.15. The molecule has 2 rings (SSSR count). The van der Waals surface area contributed by atoms with Gasteiger partial charge in [0.2, 0.25) is 0 Å². The molecule has 0 aliphatic rings. The molecule has 0 amide bonds. The molecule has 0 bridgehead atoms. The molecule has 18 heavy (non-hydrogen) atoms. The molecule has 0 unspecified atom stereocenters. The molecule has 0 spiro atoms. The van der Waals surface area contributed by atoms with Gasteiger partial charge in [0, 0.05) is 13.1 Å². The third-order valence-corrected chi connectivity index (χ3v) is 2.67. The van der Waals surface area contributed by atoms with Crippen molar-refractivity contribution in [2.45, 2.75) is 0 Å². The van der Waals surface area contributed by atoms with Crippen LogP contribution in [0.25, 0.3) is 5.69 Å². The van der Waals surface area contributed by atoms with Crippen molar-refractivity contribution in [2.75, 3.05) is 12.8 Å². The third-order valence-electron chi connectivity index (χ3n) is 2.67. The molecular formula is C12H13N3O3. The number of rotatable bonds is 2. The Kier molecular flexibility index (Phi) is 2.93. The molecule has 0 radical (unpaired) electrons. The van der Waals surface area contributed by atoms with E-state index in [4.69, 9.17) is 10.5 Å². The summed E-state index contributed by atoms with van der Waals surface area (Å²) in [7, 11) is 2.96. The lowest BCUT2D eigenvalue weighted by Gasteiger charge is -2.11. The Hall–Kier alpha value is -2.50. The van der Waals surface area contributed by atoms with Gasteiger partial charge in [-0.2, -0.15) is 0 Å². The summed E-state index contributed by atoms with van der Waals surface area (Å²) in [5, 5.41) is 0. The number of hydrogen-bond donors (Lipinski definition) is 1. The average Bonchev–Trinajstić information content (AvgIpc) is 2.37. The Labute approximate surface area is 103 Å². The summed E-state index contributed by atoms with van der Waals surface area (Å²) < 4.78 is 7.30. The van der Waals surface area contributed by atoms with Crippen LogP contribution in [0.2, 0.25) is 0 Å². The molecular weight excluding hydrogens is 234 g/mol. The summed E-state index contributed by atoms with van der Waals surface area (Å²) in [6.07, 6.45) is 0. The molecule has 2 N–H and O–H groups in total. The topological polar surface area (TPSA) is 79.2 Å². The number of aromatic nitrogens is 2. The molecule has 1 aromatic heterocycles. The van der Waals surface area contributed by atoms with Gasteiger partial charge in [-0.05, 0) is 24.3 Å². The Bertz CT molecular complexity index is 683. The minimum absolute atomic E-state index is 0.105. The number of nitrogens with zero attached hydrogens (tertiary/aromatic N) is 2. The zero-order valence-corrected chi connectivity index (χ0v) is 10.1. The van der Waals surface area contributed by atoms with Crippen molar-refractivity contribution in [3.63, 3.8) is 0 Å². The van der Waals surface area contributed by atoms with Crippen molar-refractivity contribution in [1.29, 1.82) is 0 Å². The first kappa shape index (κ1) is 12.0. The van der Waals surface area contributed by atoms with Gasteiger partial charge in [-0.15, -0.1) is 0 Å². The number of nitrogens with two attached hydrogens (primary N) is 1. The molecule has 0 atom stereocenters. The van der Waals surface area contributed by atoms with Crippen LogP contribution in [0.15, 0.2) is 39.9 Å². The molecule has 0 fully saturated rings. The molecule has 6 heteroatoms. The molecule has 1 heterocycles. The van der Waals surface area contributed by atoms with Crippen LogP contribution >= 0.6 is 0 Å². The van der Waals surface area contributed by atoms with E-state index in [1.807, 2.05) is 0 Å². The number of methoxy groups -OCH3 is 1. The van der Waals surface area contributed by atoms with Crippen LogP contribution in [0, 0.1) is 0 Å². The predicted octanol–water partition coefficient (Wildman–Crippen LogP) is 0.127. The predicted molar refractivity (Wildman–Crippen MR) is 68.2 cm³/mol. The number of hydrogen-bond acceptors (Lipinski definition) is 4. The van der Waals surface area contributed by atoms with Gasteiger partial charge >= 0.3 is 5.69 Å². The summed E-state index contributed by atoms with van der Waals surface area (Å²) in [4.78, 5) is 23.4. The second-order valence-corrected chi connectivity index (χ2v) is 3.78. The maximum atomic E-state index is 12.0. The van der Waals surface area contributed by atoms with Gasteiger partial charge in [0.25, 0.3) is 5.56 Å². The Balaban J connectivity index is 2.67. The van der Waals surface area contributed by atoms with Crippen LogP contribution in [0.1, 0.15) is 0 Å². The second kappa shape index (κ2) is 4.40. The molecule has 94 valence electrons. The third kappa shape index (κ3) is 1.88. The minimum atomic E-state index is -0.481. The average molecular weight is 247 g/mol. The van der Waals surface area contributed by atoms with Gasteiger partial charge in [0.1, 0.15) is 11.6 Å². The summed E-state index contributed by atoms with van der Waals surface area (Å²) in [5.41, 5.74) is 5.38. The van der Waals surface area contributed by atoms with E-state index in [-0.39, 0.29) is 5.82 Å². The molecule has 1 aromatic carbocycles. The zero-order chi connectivity index (χ0) is 13.3. The fraction of sp³-hybridized carbons (Fsp3) is 0.167. The van der Waals surface area contributed by atoms with Crippen molar-refractivity contribution in [3.05, 3.63) is 51.2 Å². The van der Waals surface area contributed by atoms with Crippen LogP contribution in [-0.4, -0.2) is 16.2 Å². The molecule has 0 saturated carbocycles. The lowest BCUT2D eigenvalue weighted by molar-refractivity contribution is 0.414. The van der Waals surface area contributed by atoms with Crippen molar-refractivity contribution in [2.24, 2.45) is 7.05 Å². The Morgan fingerprint density at radius 1 is 1.17 bits per heavy atom. The summed E-state index contributed by atoms with van der Waals surface area (Å²) in [5.74, 6) is 0.781. The van der Waals surface area contributed by atoms with Gasteiger partial charge in [0.15, 0.2) is 0 Å². The van der Waals surface area contributed by atoms with Gasteiger partial charge in [-0.25, -0.2) is 9.36 Å². The summed E-state index contributed by atoms with van der Waals surface area (Å²) in [6, 6.07) is 8.03. The monoisotopic (exact) mass is 247 g/mol. The normalized spacial score (nSPS) is 10.3. The van der Waals surface area contributed by atoms with Gasteiger partial charge in [-0.1, -0.05) is 0 Å². The summed E-state index contributed by atoms with van der Waals surface area (Å²) >= 11 is 0. The fourth-order valence-corrected chi connectivity index (χ4v) is 1.63. The van der Waals surface area contributed by atoms with Gasteiger partial charge in [0.05, 0.1) is 12.8 Å². The van der Waals surface area contributed by atoms with Crippen LogP contribution in [-0.2, 0) is 7.05 Å². The first-order valence-electron chi connectivity index (χ1n) is 5.27. The quantitative estimate of drug-likeness (QED) is 0.818. The molecule has 0 aliphatic heterocycles. The molecule has 0 aliphatic carbocycles. The van der Waals surface area contributed by atoms with Crippen LogP contribution in [0.3, 0.4) is 0 Å². The van der Waals surface area contributed by atoms with Crippen molar-refractivity contribution >= 4 is 5.82 Å². The number of ether oxygens (including phenoxy) is 1. The zero-order valence-electron chi connectivity index (χ0n) is 10.1. The van der Waals surface area contributed by atoms with E-state index in [9.17, 15) is 9.59 Å². The highest BCUT2D eigenvalue weighted by atomic mass is 16.5. The van der Waals surface area contributed by atoms with Crippen molar-refractivity contribution in [3.8, 4) is 11.4 Å². The number of nitrogen functional groups attached to an aromatic ring is 1. The van der Waals surface area contributed by atoms with E-state index < -0.39 is 11.2 Å². The second-order valence-electron chi connectivity index (χ2n) is 3.78. The van der Waals surface area contributed by atoms with Crippen LogP contribution in [0.5, 0.6) is 5.75 Å². The van der Waals surface area contributed by atoms with Crippen molar-refractivity contribution < 1.29 is 4.74 Å². The SMILES string of the molecule is COc1ccc(-n2c(N)cc(=O)n(C)c2=O)cc1. The van der Waals surface area contributed by atoms with E-state index in [1.54, 1.807) is 31.4 Å². The van der Waals surface area contributed by atoms with E-state index in [2.05, 4.69) is 0 Å². The Morgan fingerprint density at radius 3 is 2.33 bits per heavy atom. The van der Waals surface area contributed by atoms with Gasteiger partial charge in [-0.3, -0.25) is 9.36 Å². The highest BCUT2D eigenvalue weighted by Gasteiger charge is 2.08. The standard InChI is InChI=1S/C12H13N3O3/c1-14-11(16)7-10(13)15(12(14)17)8-3-5-9(18-2)6-4-8/h3-7H,13H2,1-2H3. The minimum Gasteiger partial charge on any atom is -0.497 e. The number of benzene rings is 1. The van der Waals surface area contributed by atoms with Crippen LogP contribution in [0.4, 0.5) is 5.82 Å². The van der Waals surface area contributed by atoms with E-state index in [1.165, 1.54) is 17.7 Å². The lowest BCUT2D eigenvalue weighted by atomic mass is 10.3. The van der Waals surface area contributed by atoms with E-state index in [0.717, 1.165) is 4.57 Å². The Morgan fingerprint density at radius 2 is 1.78 bits per heavy atom. The van der Waals surface area contributed by atoms with Crippen molar-refractivity contribution in [1.82, 2.24) is 9.13 Å². The van der Waals surface area contributed by atoms with Gasteiger partial charge < -0.3 is 10.5 Å². The maximum Gasteiger partial charge on any atom is 0.336 e. The summed E-state index contributed by atoms with van der Waals surface area (Å²) in [6.45, 7) is 0. The van der Waals surface area contributed by atoms with E-state index >= 15 is 0 Å². The first-order valence-corrected chi connectivity index (χ1v) is 5.27. The lowest BCUT2D eigenvalue weighted by Crippen LogP contribution is -2.37. The fourth-order valence-electron chi connectivity index (χ4n) is 1.63. The highest BCUT2D eigenvalue weighted by molar-refractivity contribution is 5.44.